The van der Waals surface area contributed by atoms with Crippen molar-refractivity contribution in [2.45, 2.75) is 6.10 Å². The van der Waals surface area contributed by atoms with E-state index in [1.54, 1.807) is 12.1 Å². The zero-order valence-electron chi connectivity index (χ0n) is 12.1. The maximum absolute atomic E-state index is 12.7. The van der Waals surface area contributed by atoms with E-state index in [1.807, 2.05) is 0 Å². The largest absolute Gasteiger partial charge is 0.491 e. The number of rotatable bonds is 7. The van der Waals surface area contributed by atoms with Crippen molar-refractivity contribution in [3.05, 3.63) is 30.1 Å². The summed E-state index contributed by atoms with van der Waals surface area (Å²) in [6.07, 6.45) is -0.570. The van der Waals surface area contributed by atoms with Gasteiger partial charge in [-0.3, -0.25) is 9.80 Å². The summed E-state index contributed by atoms with van der Waals surface area (Å²) in [7, 11) is 0. The number of hydrogen-bond acceptors (Lipinski definition) is 5. The molecule has 0 aromatic heterocycles. The van der Waals surface area contributed by atoms with Crippen LogP contribution in [0.4, 0.5) is 4.39 Å². The summed E-state index contributed by atoms with van der Waals surface area (Å²) in [6.45, 7) is 5.24. The van der Waals surface area contributed by atoms with E-state index in [2.05, 4.69) is 9.80 Å². The molecule has 0 saturated carbocycles. The van der Waals surface area contributed by atoms with Crippen molar-refractivity contribution in [3.8, 4) is 5.75 Å². The van der Waals surface area contributed by atoms with E-state index in [-0.39, 0.29) is 19.0 Å². The van der Waals surface area contributed by atoms with Gasteiger partial charge in [0.1, 0.15) is 24.3 Å². The van der Waals surface area contributed by atoms with Crippen LogP contribution in [0.1, 0.15) is 0 Å². The van der Waals surface area contributed by atoms with Crippen LogP contribution in [0.25, 0.3) is 0 Å². The molecule has 0 aliphatic carbocycles. The van der Waals surface area contributed by atoms with Crippen LogP contribution < -0.4 is 4.74 Å². The Morgan fingerprint density at radius 3 is 2.33 bits per heavy atom. The third kappa shape index (κ3) is 5.59. The minimum absolute atomic E-state index is 0.189. The van der Waals surface area contributed by atoms with Crippen LogP contribution in [0.2, 0.25) is 0 Å². The molecule has 1 aromatic rings. The van der Waals surface area contributed by atoms with Crippen LogP contribution in [-0.4, -0.2) is 78.6 Å². The standard InChI is InChI=1S/C15H23FN2O3/c16-13-1-3-15(4-2-13)21-12-14(20)11-18-7-5-17(6-8-18)9-10-19/h1-4,14,19-20H,5-12H2/t14-/m1/s1. The zero-order chi connectivity index (χ0) is 15.1. The van der Waals surface area contributed by atoms with E-state index in [9.17, 15) is 9.50 Å². The zero-order valence-corrected chi connectivity index (χ0v) is 12.1. The lowest BCUT2D eigenvalue weighted by Crippen LogP contribution is -2.49. The number of ether oxygens (including phenoxy) is 1. The monoisotopic (exact) mass is 298 g/mol. The van der Waals surface area contributed by atoms with Crippen molar-refractivity contribution in [1.82, 2.24) is 9.80 Å². The molecule has 0 spiro atoms. The Bertz CT molecular complexity index is 408. The van der Waals surface area contributed by atoms with Crippen LogP contribution in [-0.2, 0) is 0 Å². The van der Waals surface area contributed by atoms with E-state index in [0.717, 1.165) is 26.2 Å². The highest BCUT2D eigenvalue weighted by Gasteiger charge is 2.19. The molecular formula is C15H23FN2O3. The molecule has 2 rings (SSSR count). The SMILES string of the molecule is OCCN1CCN(C[C@@H](O)COc2ccc(F)cc2)CC1. The molecule has 2 N–H and O–H groups in total. The number of aliphatic hydroxyl groups excluding tert-OH is 2. The van der Waals surface area contributed by atoms with Gasteiger partial charge in [-0.15, -0.1) is 0 Å². The quantitative estimate of drug-likeness (QED) is 0.752. The van der Waals surface area contributed by atoms with E-state index >= 15 is 0 Å². The van der Waals surface area contributed by atoms with Crippen molar-refractivity contribution in [3.63, 3.8) is 0 Å². The molecule has 1 fully saturated rings. The summed E-state index contributed by atoms with van der Waals surface area (Å²) >= 11 is 0. The lowest BCUT2D eigenvalue weighted by molar-refractivity contribution is 0.0428. The molecule has 0 amide bonds. The van der Waals surface area contributed by atoms with Crippen molar-refractivity contribution in [2.75, 3.05) is 52.5 Å². The Kier molecular flexibility index (Phi) is 6.38. The summed E-state index contributed by atoms with van der Waals surface area (Å²) in [5.74, 6) is 0.256. The van der Waals surface area contributed by atoms with Crippen LogP contribution >= 0.6 is 0 Å². The highest BCUT2D eigenvalue weighted by atomic mass is 19.1. The maximum Gasteiger partial charge on any atom is 0.123 e. The maximum atomic E-state index is 12.7. The summed E-state index contributed by atoms with van der Waals surface area (Å²) in [6, 6.07) is 5.77. The molecule has 1 saturated heterocycles. The number of aliphatic hydroxyl groups is 2. The van der Waals surface area contributed by atoms with Gasteiger partial charge in [-0.1, -0.05) is 0 Å². The van der Waals surface area contributed by atoms with Gasteiger partial charge in [-0.05, 0) is 24.3 Å². The first-order valence-electron chi connectivity index (χ1n) is 7.29. The number of halogens is 1. The Morgan fingerprint density at radius 2 is 1.71 bits per heavy atom. The van der Waals surface area contributed by atoms with E-state index in [1.165, 1.54) is 12.1 Å². The smallest absolute Gasteiger partial charge is 0.123 e. The van der Waals surface area contributed by atoms with Crippen molar-refractivity contribution in [1.29, 1.82) is 0 Å². The average Bonchev–Trinajstić information content (AvgIpc) is 2.49. The third-order valence-corrected chi connectivity index (χ3v) is 3.61. The lowest BCUT2D eigenvalue weighted by Gasteiger charge is -2.35. The normalized spacial score (nSPS) is 18.6. The predicted molar refractivity (Wildman–Crippen MR) is 77.9 cm³/mol. The average molecular weight is 298 g/mol. The van der Waals surface area contributed by atoms with Crippen LogP contribution in [0, 0.1) is 5.82 Å². The van der Waals surface area contributed by atoms with E-state index in [0.29, 0.717) is 18.8 Å². The Balaban J connectivity index is 1.65. The number of β-amino-alcohol motifs (C(OH)–C–C–N with tert-alkyl or cyclic N) is 2. The molecular weight excluding hydrogens is 275 g/mol. The molecule has 0 bridgehead atoms. The van der Waals surface area contributed by atoms with Crippen molar-refractivity contribution in [2.24, 2.45) is 0 Å². The Morgan fingerprint density at radius 1 is 1.10 bits per heavy atom. The summed E-state index contributed by atoms with van der Waals surface area (Å²) < 4.78 is 18.2. The first kappa shape index (κ1) is 16.2. The van der Waals surface area contributed by atoms with Gasteiger partial charge in [0.05, 0.1) is 6.61 Å². The number of hydrogen-bond donors (Lipinski definition) is 2. The molecule has 118 valence electrons. The van der Waals surface area contributed by atoms with Crippen LogP contribution in [0.3, 0.4) is 0 Å². The molecule has 1 heterocycles. The second-order valence-electron chi connectivity index (χ2n) is 5.28. The van der Waals surface area contributed by atoms with Gasteiger partial charge in [-0.2, -0.15) is 0 Å². The van der Waals surface area contributed by atoms with Gasteiger partial charge < -0.3 is 14.9 Å². The molecule has 6 heteroatoms. The fourth-order valence-electron chi connectivity index (χ4n) is 2.41. The fourth-order valence-corrected chi connectivity index (χ4v) is 2.41. The highest BCUT2D eigenvalue weighted by Crippen LogP contribution is 2.11. The minimum Gasteiger partial charge on any atom is -0.491 e. The van der Waals surface area contributed by atoms with Gasteiger partial charge in [-0.25, -0.2) is 4.39 Å². The lowest BCUT2D eigenvalue weighted by atomic mass is 10.2. The van der Waals surface area contributed by atoms with Gasteiger partial charge in [0.15, 0.2) is 0 Å². The molecule has 1 aromatic carbocycles. The molecule has 1 aliphatic heterocycles. The van der Waals surface area contributed by atoms with Crippen molar-refractivity contribution >= 4 is 0 Å². The Hall–Kier alpha value is -1.21. The fraction of sp³-hybridized carbons (Fsp3) is 0.600. The molecule has 21 heavy (non-hydrogen) atoms. The molecule has 0 unspecified atom stereocenters. The molecule has 1 atom stereocenters. The number of benzene rings is 1. The van der Waals surface area contributed by atoms with Gasteiger partial charge in [0.25, 0.3) is 0 Å². The van der Waals surface area contributed by atoms with Gasteiger partial charge in [0.2, 0.25) is 0 Å². The minimum atomic E-state index is -0.570. The summed E-state index contributed by atoms with van der Waals surface area (Å²) in [5.41, 5.74) is 0. The second kappa shape index (κ2) is 8.29. The summed E-state index contributed by atoms with van der Waals surface area (Å²) in [4.78, 5) is 4.39. The Labute approximate surface area is 124 Å². The number of nitrogens with zero attached hydrogens (tertiary/aromatic N) is 2. The van der Waals surface area contributed by atoms with E-state index in [4.69, 9.17) is 9.84 Å². The second-order valence-corrected chi connectivity index (χ2v) is 5.28. The summed E-state index contributed by atoms with van der Waals surface area (Å²) in [5, 5.41) is 18.9. The first-order chi connectivity index (χ1) is 10.2. The van der Waals surface area contributed by atoms with Crippen molar-refractivity contribution < 1.29 is 19.3 Å². The molecule has 1 aliphatic rings. The van der Waals surface area contributed by atoms with Gasteiger partial charge >= 0.3 is 0 Å². The molecule has 0 radical (unpaired) electrons. The third-order valence-electron chi connectivity index (χ3n) is 3.61. The topological polar surface area (TPSA) is 56.2 Å². The van der Waals surface area contributed by atoms with Crippen LogP contribution in [0.15, 0.2) is 24.3 Å². The number of piperazine rings is 1. The predicted octanol–water partition coefficient (Wildman–Crippen LogP) is 0.175. The van der Waals surface area contributed by atoms with Gasteiger partial charge in [0, 0.05) is 39.3 Å². The van der Waals surface area contributed by atoms with Crippen LogP contribution in [0.5, 0.6) is 5.75 Å². The highest BCUT2D eigenvalue weighted by molar-refractivity contribution is 5.22. The molecule has 5 nitrogen and oxygen atoms in total. The first-order valence-corrected chi connectivity index (χ1v) is 7.29. The van der Waals surface area contributed by atoms with E-state index < -0.39 is 6.10 Å².